The van der Waals surface area contributed by atoms with Crippen LogP contribution in [0.1, 0.15) is 29.0 Å². The van der Waals surface area contributed by atoms with E-state index in [1.165, 1.54) is 11.1 Å². The molecule has 4 heteroatoms. The Kier molecular flexibility index (Phi) is 3.94. The Bertz CT molecular complexity index is 697. The highest BCUT2D eigenvalue weighted by atomic mass is 16.6. The number of likely N-dealkylation sites (N-methyl/N-ethyl adjacent to an activating group) is 1. The topological polar surface area (TPSA) is 46.4 Å². The molecule has 1 aliphatic rings. The first-order valence-electron chi connectivity index (χ1n) is 7.55. The van der Waals surface area contributed by atoms with Gasteiger partial charge < -0.3 is 4.90 Å². The van der Waals surface area contributed by atoms with Gasteiger partial charge in [-0.2, -0.15) is 0 Å². The highest BCUT2D eigenvalue weighted by molar-refractivity contribution is 5.44. The van der Waals surface area contributed by atoms with Crippen LogP contribution in [0.5, 0.6) is 0 Å². The molecule has 0 amide bonds. The summed E-state index contributed by atoms with van der Waals surface area (Å²) in [6.45, 7) is 0. The Morgan fingerprint density at radius 1 is 1.14 bits per heavy atom. The molecule has 3 rings (SSSR count). The summed E-state index contributed by atoms with van der Waals surface area (Å²) < 4.78 is 0. The fourth-order valence-corrected chi connectivity index (χ4v) is 3.36. The molecule has 0 unspecified atom stereocenters. The van der Waals surface area contributed by atoms with Crippen molar-refractivity contribution < 1.29 is 4.92 Å². The van der Waals surface area contributed by atoms with Crippen molar-refractivity contribution in [3.63, 3.8) is 0 Å². The van der Waals surface area contributed by atoms with Gasteiger partial charge in [-0.15, -0.1) is 0 Å². The average molecular weight is 296 g/mol. The Labute approximate surface area is 130 Å². The molecule has 4 nitrogen and oxygen atoms in total. The third-order valence-electron chi connectivity index (χ3n) is 4.61. The predicted molar refractivity (Wildman–Crippen MR) is 87.2 cm³/mol. The highest BCUT2D eigenvalue weighted by Crippen LogP contribution is 2.38. The molecular weight excluding hydrogens is 276 g/mol. The van der Waals surface area contributed by atoms with Crippen LogP contribution in [0, 0.1) is 10.1 Å². The van der Waals surface area contributed by atoms with Gasteiger partial charge >= 0.3 is 0 Å². The van der Waals surface area contributed by atoms with Crippen molar-refractivity contribution in [2.75, 3.05) is 14.1 Å². The maximum absolute atomic E-state index is 11.1. The van der Waals surface area contributed by atoms with E-state index < -0.39 is 0 Å². The number of rotatable bonds is 3. The van der Waals surface area contributed by atoms with Crippen LogP contribution in [-0.4, -0.2) is 30.0 Å². The lowest BCUT2D eigenvalue weighted by Gasteiger charge is -2.35. The van der Waals surface area contributed by atoms with Crippen molar-refractivity contribution in [2.45, 2.75) is 24.8 Å². The van der Waals surface area contributed by atoms with E-state index in [0.29, 0.717) is 6.04 Å². The van der Waals surface area contributed by atoms with E-state index >= 15 is 0 Å². The van der Waals surface area contributed by atoms with Crippen molar-refractivity contribution >= 4 is 5.69 Å². The molecule has 1 aliphatic carbocycles. The second kappa shape index (κ2) is 5.89. The third-order valence-corrected chi connectivity index (χ3v) is 4.61. The molecule has 114 valence electrons. The first-order chi connectivity index (χ1) is 10.6. The number of nitro benzene ring substituents is 1. The lowest BCUT2D eigenvalue weighted by atomic mass is 9.76. The Hall–Kier alpha value is -2.20. The number of hydrogen-bond acceptors (Lipinski definition) is 3. The fraction of sp³-hybridized carbons (Fsp3) is 0.333. The molecule has 0 saturated heterocycles. The molecule has 22 heavy (non-hydrogen) atoms. The lowest BCUT2D eigenvalue weighted by molar-refractivity contribution is -0.384. The van der Waals surface area contributed by atoms with Gasteiger partial charge in [-0.05, 0) is 43.6 Å². The Morgan fingerprint density at radius 2 is 1.91 bits per heavy atom. The van der Waals surface area contributed by atoms with E-state index in [-0.39, 0.29) is 16.5 Å². The normalized spacial score (nSPS) is 20.7. The zero-order valence-electron chi connectivity index (χ0n) is 12.9. The van der Waals surface area contributed by atoms with Crippen LogP contribution in [0.15, 0.2) is 48.5 Å². The van der Waals surface area contributed by atoms with Gasteiger partial charge in [0.2, 0.25) is 0 Å². The molecule has 0 aliphatic heterocycles. The summed E-state index contributed by atoms with van der Waals surface area (Å²) in [6.07, 6.45) is 2.03. The summed E-state index contributed by atoms with van der Waals surface area (Å²) in [5, 5.41) is 11.1. The number of benzene rings is 2. The zero-order valence-corrected chi connectivity index (χ0v) is 12.9. The van der Waals surface area contributed by atoms with Gasteiger partial charge in [-0.1, -0.05) is 36.4 Å². The maximum Gasteiger partial charge on any atom is 0.269 e. The van der Waals surface area contributed by atoms with E-state index in [1.807, 2.05) is 6.07 Å². The summed E-state index contributed by atoms with van der Waals surface area (Å²) in [5.41, 5.74) is 3.86. The number of fused-ring (bicyclic) bond motifs is 1. The van der Waals surface area contributed by atoms with Gasteiger partial charge in [0.15, 0.2) is 0 Å². The number of nitrogens with zero attached hydrogens (tertiary/aromatic N) is 2. The highest BCUT2D eigenvalue weighted by Gasteiger charge is 2.29. The second-order valence-electron chi connectivity index (χ2n) is 6.16. The van der Waals surface area contributed by atoms with Crippen LogP contribution in [0.4, 0.5) is 5.69 Å². The molecule has 0 aromatic heterocycles. The molecular formula is C18H20N2O2. The minimum atomic E-state index is -0.318. The summed E-state index contributed by atoms with van der Waals surface area (Å²) >= 11 is 0. The average Bonchev–Trinajstić information content (AvgIpc) is 2.53. The van der Waals surface area contributed by atoms with Crippen molar-refractivity contribution in [1.29, 1.82) is 0 Å². The molecule has 2 atom stereocenters. The summed E-state index contributed by atoms with van der Waals surface area (Å²) in [4.78, 5) is 13.0. The Balaban J connectivity index is 2.05. The van der Waals surface area contributed by atoms with E-state index in [9.17, 15) is 10.1 Å². The third kappa shape index (κ3) is 2.74. The standard InChI is InChI=1S/C18H20N2O2/c1-19(2)16-11-13-6-3-4-9-17(13)18(12-16)14-7-5-8-15(10-14)20(21)22/h3-10,16,18H,11-12H2,1-2H3/t16-,18-/m1/s1. The molecule has 0 bridgehead atoms. The van der Waals surface area contributed by atoms with Crippen LogP contribution >= 0.6 is 0 Å². The Morgan fingerprint density at radius 3 is 2.64 bits per heavy atom. The van der Waals surface area contributed by atoms with E-state index in [0.717, 1.165) is 18.4 Å². The lowest BCUT2D eigenvalue weighted by Crippen LogP contribution is -2.35. The van der Waals surface area contributed by atoms with Gasteiger partial charge in [0.1, 0.15) is 0 Å². The van der Waals surface area contributed by atoms with Gasteiger partial charge in [0.25, 0.3) is 5.69 Å². The van der Waals surface area contributed by atoms with E-state index in [1.54, 1.807) is 18.2 Å². The summed E-state index contributed by atoms with van der Waals surface area (Å²) in [5.74, 6) is 0.220. The van der Waals surface area contributed by atoms with Crippen LogP contribution in [0.2, 0.25) is 0 Å². The van der Waals surface area contributed by atoms with Crippen LogP contribution in [-0.2, 0) is 6.42 Å². The first-order valence-corrected chi connectivity index (χ1v) is 7.55. The molecule has 0 fully saturated rings. The van der Waals surface area contributed by atoms with Crippen molar-refractivity contribution in [1.82, 2.24) is 4.90 Å². The molecule has 0 radical (unpaired) electrons. The molecule has 0 saturated carbocycles. The number of nitro groups is 1. The number of hydrogen-bond donors (Lipinski definition) is 0. The van der Waals surface area contributed by atoms with E-state index in [2.05, 4.69) is 43.3 Å². The zero-order chi connectivity index (χ0) is 15.7. The van der Waals surface area contributed by atoms with Gasteiger partial charge in [0.05, 0.1) is 4.92 Å². The molecule has 0 N–H and O–H groups in total. The van der Waals surface area contributed by atoms with Crippen LogP contribution in [0.25, 0.3) is 0 Å². The summed E-state index contributed by atoms with van der Waals surface area (Å²) in [6, 6.07) is 16.0. The minimum Gasteiger partial charge on any atom is -0.306 e. The van der Waals surface area contributed by atoms with Gasteiger partial charge in [0, 0.05) is 24.1 Å². The molecule has 0 spiro atoms. The SMILES string of the molecule is CN(C)[C@@H]1Cc2ccccc2[C@@H](c2cccc([N+](=O)[O-])c2)C1. The quantitative estimate of drug-likeness (QED) is 0.642. The fourth-order valence-electron chi connectivity index (χ4n) is 3.36. The first kappa shape index (κ1) is 14.7. The van der Waals surface area contributed by atoms with E-state index in [4.69, 9.17) is 0 Å². The monoisotopic (exact) mass is 296 g/mol. The van der Waals surface area contributed by atoms with Gasteiger partial charge in [-0.3, -0.25) is 10.1 Å². The molecule has 0 heterocycles. The number of non-ortho nitro benzene ring substituents is 1. The smallest absolute Gasteiger partial charge is 0.269 e. The molecule has 2 aromatic carbocycles. The maximum atomic E-state index is 11.1. The van der Waals surface area contributed by atoms with Crippen LogP contribution in [0.3, 0.4) is 0 Å². The van der Waals surface area contributed by atoms with Crippen LogP contribution < -0.4 is 0 Å². The van der Waals surface area contributed by atoms with Gasteiger partial charge in [-0.25, -0.2) is 0 Å². The van der Waals surface area contributed by atoms with Crippen molar-refractivity contribution in [3.8, 4) is 0 Å². The predicted octanol–water partition coefficient (Wildman–Crippen LogP) is 3.60. The largest absolute Gasteiger partial charge is 0.306 e. The van der Waals surface area contributed by atoms with Crippen molar-refractivity contribution in [3.05, 3.63) is 75.3 Å². The second-order valence-corrected chi connectivity index (χ2v) is 6.16. The van der Waals surface area contributed by atoms with Crippen molar-refractivity contribution in [2.24, 2.45) is 0 Å². The minimum absolute atomic E-state index is 0.168. The summed E-state index contributed by atoms with van der Waals surface area (Å²) in [7, 11) is 4.20. The molecule has 2 aromatic rings.